The Labute approximate surface area is 256 Å². The number of aldehydes is 1. The summed E-state index contributed by atoms with van der Waals surface area (Å²) in [6, 6.07) is 11.9. The summed E-state index contributed by atoms with van der Waals surface area (Å²) < 4.78 is 0. The summed E-state index contributed by atoms with van der Waals surface area (Å²) in [4.78, 5) is 68.1. The zero-order chi connectivity index (χ0) is 32.1. The van der Waals surface area contributed by atoms with Crippen LogP contribution in [0.4, 0.5) is 4.79 Å². The van der Waals surface area contributed by atoms with E-state index in [1.807, 2.05) is 44.2 Å². The predicted octanol–water partition coefficient (Wildman–Crippen LogP) is 0.484. The van der Waals surface area contributed by atoms with Crippen molar-refractivity contribution in [3.8, 4) is 0 Å². The van der Waals surface area contributed by atoms with Gasteiger partial charge in [0.2, 0.25) is 11.8 Å². The molecule has 1 aliphatic heterocycles. The van der Waals surface area contributed by atoms with Crippen molar-refractivity contribution < 1.29 is 29.1 Å². The summed E-state index contributed by atoms with van der Waals surface area (Å²) in [7, 11) is 0. The molecule has 0 fully saturated rings. The zero-order valence-electron chi connectivity index (χ0n) is 24.9. The van der Waals surface area contributed by atoms with E-state index < -0.39 is 54.0 Å². The molecule has 3 rings (SSSR count). The van der Waals surface area contributed by atoms with Crippen LogP contribution in [0.2, 0.25) is 0 Å². The zero-order valence-corrected chi connectivity index (χ0v) is 24.9. The highest BCUT2D eigenvalue weighted by molar-refractivity contribution is 5.94. The number of nitrogens with one attached hydrogen (secondary N) is 5. The molecule has 0 saturated carbocycles. The third-order valence-corrected chi connectivity index (χ3v) is 7.02. The van der Waals surface area contributed by atoms with Crippen LogP contribution >= 0.6 is 0 Å². The number of urea groups is 1. The lowest BCUT2D eigenvalue weighted by molar-refractivity contribution is -0.139. The van der Waals surface area contributed by atoms with Crippen molar-refractivity contribution in [3.05, 3.63) is 71.8 Å². The van der Waals surface area contributed by atoms with Gasteiger partial charge in [-0.3, -0.25) is 9.59 Å². The molecule has 4 amide bonds. The maximum atomic E-state index is 13.7. The van der Waals surface area contributed by atoms with Crippen molar-refractivity contribution >= 4 is 36.1 Å². The number of carbonyl (C=O) groups excluding carboxylic acids is 4. The number of amides is 4. The van der Waals surface area contributed by atoms with Crippen molar-refractivity contribution in [2.45, 2.75) is 69.7 Å². The molecule has 0 unspecified atom stereocenters. The highest BCUT2D eigenvalue weighted by Crippen LogP contribution is 2.12. The number of nitrogens with zero attached hydrogens (tertiary/aromatic N) is 1. The Kier molecular flexibility index (Phi) is 12.7. The quantitative estimate of drug-likeness (QED) is 0.142. The number of carboxylic acids is 1. The van der Waals surface area contributed by atoms with E-state index in [9.17, 15) is 29.1 Å². The van der Waals surface area contributed by atoms with Gasteiger partial charge in [0.05, 0.1) is 12.1 Å². The third-order valence-electron chi connectivity index (χ3n) is 7.02. The lowest BCUT2D eigenvalue weighted by atomic mass is 9.99. The third kappa shape index (κ3) is 10.7. The van der Waals surface area contributed by atoms with E-state index in [0.29, 0.717) is 24.8 Å². The number of aliphatic imine (C=N–C) groups is 1. The fourth-order valence-electron chi connectivity index (χ4n) is 4.85. The molecule has 13 nitrogen and oxygen atoms in total. The van der Waals surface area contributed by atoms with Crippen LogP contribution in [-0.2, 0) is 32.0 Å². The van der Waals surface area contributed by atoms with Crippen LogP contribution in [0.1, 0.15) is 37.8 Å². The Morgan fingerprint density at radius 3 is 2.07 bits per heavy atom. The van der Waals surface area contributed by atoms with E-state index in [-0.39, 0.29) is 31.1 Å². The van der Waals surface area contributed by atoms with Crippen LogP contribution in [0.15, 0.2) is 65.7 Å². The monoisotopic (exact) mass is 607 g/mol. The first-order valence-electron chi connectivity index (χ1n) is 14.6. The molecule has 44 heavy (non-hydrogen) atoms. The van der Waals surface area contributed by atoms with E-state index in [1.165, 1.54) is 0 Å². The maximum Gasteiger partial charge on any atom is 0.326 e. The predicted molar refractivity (Wildman–Crippen MR) is 165 cm³/mol. The van der Waals surface area contributed by atoms with Crippen LogP contribution in [0.3, 0.4) is 0 Å². The number of aliphatic carboxylic acids is 1. The van der Waals surface area contributed by atoms with Crippen molar-refractivity contribution in [2.75, 3.05) is 6.54 Å². The van der Waals surface area contributed by atoms with Gasteiger partial charge >= 0.3 is 12.0 Å². The summed E-state index contributed by atoms with van der Waals surface area (Å²) in [5.74, 6) is -2.43. The van der Waals surface area contributed by atoms with Crippen molar-refractivity contribution in [1.82, 2.24) is 26.6 Å². The number of carbonyl (C=O) groups is 5. The first-order valence-corrected chi connectivity index (χ1v) is 14.6. The molecule has 1 heterocycles. The minimum Gasteiger partial charge on any atom is -0.480 e. The Balaban J connectivity index is 1.76. The second-order valence-corrected chi connectivity index (χ2v) is 11.1. The average molecular weight is 608 g/mol. The van der Waals surface area contributed by atoms with Gasteiger partial charge in [-0.1, -0.05) is 74.5 Å². The van der Waals surface area contributed by atoms with Crippen molar-refractivity contribution in [3.63, 3.8) is 0 Å². The molecule has 2 aromatic rings. The van der Waals surface area contributed by atoms with Crippen molar-refractivity contribution in [2.24, 2.45) is 16.6 Å². The molecule has 0 aromatic heterocycles. The van der Waals surface area contributed by atoms with Gasteiger partial charge in [0.15, 0.2) is 5.96 Å². The lowest BCUT2D eigenvalue weighted by Crippen LogP contribution is -2.61. The molecule has 8 N–H and O–H groups in total. The van der Waals surface area contributed by atoms with E-state index in [1.54, 1.807) is 30.3 Å². The lowest BCUT2D eigenvalue weighted by Gasteiger charge is -2.30. The largest absolute Gasteiger partial charge is 0.480 e. The van der Waals surface area contributed by atoms with Crippen LogP contribution in [0, 0.1) is 5.92 Å². The van der Waals surface area contributed by atoms with E-state index in [0.717, 1.165) is 5.56 Å². The number of hydrogen-bond acceptors (Lipinski definition) is 8. The summed E-state index contributed by atoms with van der Waals surface area (Å²) in [6.07, 6.45) is 1.53. The van der Waals surface area contributed by atoms with Crippen LogP contribution in [0.5, 0.6) is 0 Å². The van der Waals surface area contributed by atoms with Gasteiger partial charge in [0.25, 0.3) is 0 Å². The van der Waals surface area contributed by atoms with Crippen molar-refractivity contribution in [1.29, 1.82) is 0 Å². The standard InChI is InChI=1S/C31H41N7O6/c1-19(2)15-24(27(40)34-22(18-39)16-20-9-5-3-6-10-20)35-28(41)26(23-13-14-33-30(32)36-23)38-31(44)37-25(29(42)43)17-21-11-7-4-8-12-21/h3-12,18-19,22-26H,13-17H2,1-2H3,(H,34,40)(H,35,41)(H,42,43)(H3,32,33,36)(H2,37,38,44)/t22-,23-,24-,25-,26+/m0/s1. The molecule has 0 bridgehead atoms. The highest BCUT2D eigenvalue weighted by Gasteiger charge is 2.35. The highest BCUT2D eigenvalue weighted by atomic mass is 16.4. The smallest absolute Gasteiger partial charge is 0.326 e. The molecule has 0 radical (unpaired) electrons. The molecule has 1 aliphatic rings. The fourth-order valence-corrected chi connectivity index (χ4v) is 4.85. The number of guanidine groups is 1. The average Bonchev–Trinajstić information content (AvgIpc) is 2.99. The minimum absolute atomic E-state index is 0.00794. The van der Waals surface area contributed by atoms with Gasteiger partial charge in [-0.15, -0.1) is 0 Å². The molecular formula is C31H41N7O6. The molecule has 0 saturated heterocycles. The Bertz CT molecular complexity index is 1310. The van der Waals surface area contributed by atoms with E-state index in [4.69, 9.17) is 5.73 Å². The molecule has 236 valence electrons. The summed E-state index contributed by atoms with van der Waals surface area (Å²) in [5.41, 5.74) is 7.41. The second kappa shape index (κ2) is 16.6. The van der Waals surface area contributed by atoms with Crippen LogP contribution in [0.25, 0.3) is 0 Å². The first-order chi connectivity index (χ1) is 21.0. The second-order valence-electron chi connectivity index (χ2n) is 11.1. The number of hydrogen-bond donors (Lipinski definition) is 7. The summed E-state index contributed by atoms with van der Waals surface area (Å²) in [6.45, 7) is 4.15. The van der Waals surface area contributed by atoms with Gasteiger partial charge in [-0.25, -0.2) is 14.6 Å². The molecule has 0 aliphatic carbocycles. The Morgan fingerprint density at radius 1 is 0.909 bits per heavy atom. The molecular weight excluding hydrogens is 566 g/mol. The van der Waals surface area contributed by atoms with E-state index >= 15 is 0 Å². The van der Waals surface area contributed by atoms with Crippen LogP contribution in [-0.4, -0.2) is 77.9 Å². The molecule has 13 heteroatoms. The SMILES string of the molecule is CC(C)C[C@H](NC(=O)[C@H](NC(=O)N[C@@H](Cc1ccccc1)C(=O)O)[C@@H]1CCNC(N)=N1)C(=O)N[C@H](C=O)Cc1ccccc1. The van der Waals surface area contributed by atoms with Gasteiger partial charge in [-0.2, -0.15) is 0 Å². The number of benzene rings is 2. The van der Waals surface area contributed by atoms with Gasteiger partial charge < -0.3 is 42.2 Å². The van der Waals surface area contributed by atoms with Gasteiger partial charge in [0.1, 0.15) is 24.4 Å². The topological polar surface area (TPSA) is 204 Å². The normalized spacial score (nSPS) is 17.1. The Morgan fingerprint density at radius 2 is 1.52 bits per heavy atom. The van der Waals surface area contributed by atoms with Crippen LogP contribution < -0.4 is 32.3 Å². The van der Waals surface area contributed by atoms with E-state index in [2.05, 4.69) is 31.6 Å². The van der Waals surface area contributed by atoms with Gasteiger partial charge in [0, 0.05) is 13.0 Å². The first kappa shape index (κ1) is 33.6. The summed E-state index contributed by atoms with van der Waals surface area (Å²) >= 11 is 0. The number of carboxylic acid groups (broad SMARTS) is 1. The molecule has 2 aromatic carbocycles. The summed E-state index contributed by atoms with van der Waals surface area (Å²) in [5, 5.41) is 23.0. The number of rotatable bonds is 15. The molecule has 0 spiro atoms. The minimum atomic E-state index is -1.28. The molecule has 5 atom stereocenters. The fraction of sp³-hybridized carbons (Fsp3) is 0.419. The van der Waals surface area contributed by atoms with Gasteiger partial charge in [-0.05, 0) is 36.3 Å². The Hall–Kier alpha value is -4.94. The maximum absolute atomic E-state index is 13.7. The number of nitrogens with two attached hydrogens (primary N) is 1.